The number of carbonyl (C=O) groups is 1. The summed E-state index contributed by atoms with van der Waals surface area (Å²) in [5.41, 5.74) is 2.94. The van der Waals surface area contributed by atoms with Gasteiger partial charge in [-0.05, 0) is 55.7 Å². The van der Waals surface area contributed by atoms with E-state index >= 15 is 0 Å². The zero-order chi connectivity index (χ0) is 24.7. The number of sulfonamides is 1. The summed E-state index contributed by atoms with van der Waals surface area (Å²) in [4.78, 5) is 15.3. The van der Waals surface area contributed by atoms with E-state index in [4.69, 9.17) is 4.74 Å². The first-order chi connectivity index (χ1) is 17.0. The van der Waals surface area contributed by atoms with Crippen LogP contribution in [-0.2, 0) is 21.2 Å². The standard InChI is InChI=1S/C27H31N3O4S/c1-2-34-26-16-9-8-15-25(26)30(35(32,33)23-12-4-3-5-13-23)21-27(31)28-18-10-19-29-20-17-22-11-6-7-14-24(22)29/h3-9,11-16H,2,10,17-21H2,1H3,(H,28,31). The lowest BCUT2D eigenvalue weighted by Gasteiger charge is -2.26. The minimum Gasteiger partial charge on any atom is -0.492 e. The summed E-state index contributed by atoms with van der Waals surface area (Å²) in [5, 5.41) is 2.89. The average Bonchev–Trinajstić information content (AvgIpc) is 3.29. The van der Waals surface area contributed by atoms with Crippen LogP contribution < -0.4 is 19.3 Å². The predicted molar refractivity (Wildman–Crippen MR) is 139 cm³/mol. The van der Waals surface area contributed by atoms with Gasteiger partial charge in [0.2, 0.25) is 5.91 Å². The molecule has 0 aromatic heterocycles. The number of nitrogens with zero attached hydrogens (tertiary/aromatic N) is 2. The van der Waals surface area contributed by atoms with E-state index in [9.17, 15) is 13.2 Å². The fourth-order valence-electron chi connectivity index (χ4n) is 4.28. The lowest BCUT2D eigenvalue weighted by molar-refractivity contribution is -0.119. The molecule has 0 aliphatic carbocycles. The van der Waals surface area contributed by atoms with Crippen LogP contribution in [0.4, 0.5) is 11.4 Å². The molecule has 1 N–H and O–H groups in total. The number of fused-ring (bicyclic) bond motifs is 1. The molecule has 35 heavy (non-hydrogen) atoms. The number of carbonyl (C=O) groups excluding carboxylic acids is 1. The van der Waals surface area contributed by atoms with Crippen LogP contribution in [0.15, 0.2) is 83.8 Å². The molecule has 1 aliphatic rings. The van der Waals surface area contributed by atoms with Gasteiger partial charge in [0.15, 0.2) is 0 Å². The van der Waals surface area contributed by atoms with Gasteiger partial charge in [-0.25, -0.2) is 8.42 Å². The van der Waals surface area contributed by atoms with E-state index in [2.05, 4.69) is 28.4 Å². The van der Waals surface area contributed by atoms with Crippen LogP contribution in [0.2, 0.25) is 0 Å². The fourth-order valence-corrected chi connectivity index (χ4v) is 5.74. The van der Waals surface area contributed by atoms with Crippen molar-refractivity contribution in [3.63, 3.8) is 0 Å². The van der Waals surface area contributed by atoms with E-state index in [0.717, 1.165) is 30.2 Å². The Bertz CT molecular complexity index is 1250. The molecule has 0 atom stereocenters. The molecule has 4 rings (SSSR count). The van der Waals surface area contributed by atoms with Gasteiger partial charge < -0.3 is 15.0 Å². The van der Waals surface area contributed by atoms with Gasteiger partial charge in [-0.1, -0.05) is 48.5 Å². The normalized spacial score (nSPS) is 12.8. The molecule has 184 valence electrons. The maximum Gasteiger partial charge on any atom is 0.264 e. The molecule has 7 nitrogen and oxygen atoms in total. The van der Waals surface area contributed by atoms with Crippen LogP contribution >= 0.6 is 0 Å². The number of amides is 1. The number of hydrogen-bond acceptors (Lipinski definition) is 5. The monoisotopic (exact) mass is 493 g/mol. The molecule has 1 amide bonds. The molecular formula is C27H31N3O4S. The van der Waals surface area contributed by atoms with Crippen LogP contribution in [0, 0.1) is 0 Å². The van der Waals surface area contributed by atoms with Crippen molar-refractivity contribution in [3.8, 4) is 5.75 Å². The van der Waals surface area contributed by atoms with Gasteiger partial charge in [0.05, 0.1) is 17.2 Å². The second kappa shape index (κ2) is 11.3. The molecule has 0 bridgehead atoms. The molecule has 1 heterocycles. The summed E-state index contributed by atoms with van der Waals surface area (Å²) in [6.45, 7) is 4.14. The number of nitrogens with one attached hydrogen (secondary N) is 1. The molecule has 8 heteroatoms. The molecule has 0 radical (unpaired) electrons. The quantitative estimate of drug-likeness (QED) is 0.411. The van der Waals surface area contributed by atoms with Crippen molar-refractivity contribution in [2.24, 2.45) is 0 Å². The Morgan fingerprint density at radius 2 is 1.71 bits per heavy atom. The van der Waals surface area contributed by atoms with Crippen LogP contribution in [0.3, 0.4) is 0 Å². The van der Waals surface area contributed by atoms with Gasteiger partial charge in [-0.3, -0.25) is 9.10 Å². The highest BCUT2D eigenvalue weighted by Gasteiger charge is 2.29. The van der Waals surface area contributed by atoms with Crippen molar-refractivity contribution in [1.29, 1.82) is 0 Å². The maximum absolute atomic E-state index is 13.5. The minimum atomic E-state index is -3.98. The summed E-state index contributed by atoms with van der Waals surface area (Å²) in [6, 6.07) is 23.4. The number of hydrogen-bond donors (Lipinski definition) is 1. The van der Waals surface area contributed by atoms with Crippen LogP contribution in [0.5, 0.6) is 5.75 Å². The van der Waals surface area contributed by atoms with Crippen molar-refractivity contribution in [2.75, 3.05) is 42.0 Å². The van der Waals surface area contributed by atoms with E-state index in [1.807, 2.05) is 13.0 Å². The Morgan fingerprint density at radius 1 is 1.00 bits per heavy atom. The third-order valence-electron chi connectivity index (χ3n) is 5.96. The molecule has 3 aromatic rings. The molecule has 1 aliphatic heterocycles. The number of anilines is 2. The van der Waals surface area contributed by atoms with Crippen molar-refractivity contribution < 1.29 is 17.9 Å². The molecule has 0 saturated carbocycles. The summed E-state index contributed by atoms with van der Waals surface area (Å²) in [6.07, 6.45) is 1.80. The first-order valence-electron chi connectivity index (χ1n) is 11.9. The number of para-hydroxylation sites is 3. The Hall–Kier alpha value is -3.52. The summed E-state index contributed by atoms with van der Waals surface area (Å²) in [5.74, 6) is 0.0487. The Morgan fingerprint density at radius 3 is 2.51 bits per heavy atom. The van der Waals surface area contributed by atoms with Crippen molar-refractivity contribution in [2.45, 2.75) is 24.7 Å². The molecule has 0 spiro atoms. The van der Waals surface area contributed by atoms with Crippen molar-refractivity contribution in [1.82, 2.24) is 5.32 Å². The smallest absolute Gasteiger partial charge is 0.264 e. The molecule has 0 fully saturated rings. The number of rotatable bonds is 11. The molecule has 0 unspecified atom stereocenters. The van der Waals surface area contributed by atoms with E-state index < -0.39 is 10.0 Å². The second-order valence-electron chi connectivity index (χ2n) is 8.29. The van der Waals surface area contributed by atoms with Gasteiger partial charge in [0, 0.05) is 25.3 Å². The Labute approximate surface area is 207 Å². The molecular weight excluding hydrogens is 462 g/mol. The molecule has 3 aromatic carbocycles. The fraction of sp³-hybridized carbons (Fsp3) is 0.296. The third kappa shape index (κ3) is 5.77. The SMILES string of the molecule is CCOc1ccccc1N(CC(=O)NCCCN1CCc2ccccc21)S(=O)(=O)c1ccccc1. The minimum absolute atomic E-state index is 0.117. The third-order valence-corrected chi connectivity index (χ3v) is 7.74. The van der Waals surface area contributed by atoms with Crippen molar-refractivity contribution >= 4 is 27.3 Å². The van der Waals surface area contributed by atoms with Crippen LogP contribution in [-0.4, -0.2) is 47.1 Å². The van der Waals surface area contributed by atoms with Crippen LogP contribution in [0.1, 0.15) is 18.9 Å². The van der Waals surface area contributed by atoms with E-state index in [0.29, 0.717) is 24.6 Å². The second-order valence-corrected chi connectivity index (χ2v) is 10.2. The molecule has 0 saturated heterocycles. The zero-order valence-electron chi connectivity index (χ0n) is 19.9. The summed E-state index contributed by atoms with van der Waals surface area (Å²) >= 11 is 0. The van der Waals surface area contributed by atoms with Gasteiger partial charge in [-0.2, -0.15) is 0 Å². The van der Waals surface area contributed by atoms with Gasteiger partial charge in [-0.15, -0.1) is 0 Å². The first-order valence-corrected chi connectivity index (χ1v) is 13.3. The van der Waals surface area contributed by atoms with E-state index in [1.54, 1.807) is 42.5 Å². The highest BCUT2D eigenvalue weighted by molar-refractivity contribution is 7.92. The Kier molecular flexibility index (Phi) is 7.92. The largest absolute Gasteiger partial charge is 0.492 e. The van der Waals surface area contributed by atoms with Gasteiger partial charge in [0.25, 0.3) is 10.0 Å². The summed E-state index contributed by atoms with van der Waals surface area (Å²) in [7, 11) is -3.98. The Balaban J connectivity index is 1.44. The lowest BCUT2D eigenvalue weighted by Crippen LogP contribution is -2.41. The van der Waals surface area contributed by atoms with E-state index in [-0.39, 0.29) is 17.3 Å². The van der Waals surface area contributed by atoms with E-state index in [1.165, 1.54) is 23.4 Å². The topological polar surface area (TPSA) is 79.0 Å². The number of benzene rings is 3. The maximum atomic E-state index is 13.5. The first kappa shape index (κ1) is 24.6. The predicted octanol–water partition coefficient (Wildman–Crippen LogP) is 3.85. The number of ether oxygens (including phenoxy) is 1. The van der Waals surface area contributed by atoms with Gasteiger partial charge in [0.1, 0.15) is 12.3 Å². The van der Waals surface area contributed by atoms with Crippen molar-refractivity contribution in [3.05, 3.63) is 84.4 Å². The highest BCUT2D eigenvalue weighted by Crippen LogP contribution is 2.32. The average molecular weight is 494 g/mol. The summed E-state index contributed by atoms with van der Waals surface area (Å²) < 4.78 is 33.9. The zero-order valence-corrected chi connectivity index (χ0v) is 20.7. The van der Waals surface area contributed by atoms with Crippen LogP contribution in [0.25, 0.3) is 0 Å². The van der Waals surface area contributed by atoms with Gasteiger partial charge >= 0.3 is 0 Å². The highest BCUT2D eigenvalue weighted by atomic mass is 32.2. The lowest BCUT2D eigenvalue weighted by atomic mass is 10.2.